The van der Waals surface area contributed by atoms with Gasteiger partial charge in [0.2, 0.25) is 0 Å². The Morgan fingerprint density at radius 1 is 1.29 bits per heavy atom. The third-order valence-electron chi connectivity index (χ3n) is 1.90. The molecule has 2 rings (SSSR count). The molecule has 0 bridgehead atoms. The molecule has 82 valence electrons. The van der Waals surface area contributed by atoms with E-state index >= 15 is 0 Å². The number of aliphatic hydroxyl groups is 1. The van der Waals surface area contributed by atoms with Crippen molar-refractivity contribution in [1.29, 1.82) is 0 Å². The molecule has 2 fully saturated rings. The van der Waals surface area contributed by atoms with Gasteiger partial charge in [-0.3, -0.25) is 0 Å². The third kappa shape index (κ3) is 1.27. The van der Waals surface area contributed by atoms with E-state index in [0.717, 1.165) is 0 Å². The van der Waals surface area contributed by atoms with Gasteiger partial charge in [-0.2, -0.15) is 22.4 Å². The summed E-state index contributed by atoms with van der Waals surface area (Å²) in [5.74, 6) is -4.04. The summed E-state index contributed by atoms with van der Waals surface area (Å²) in [6, 6.07) is 0. The molecule has 0 spiro atoms. The van der Waals surface area contributed by atoms with E-state index in [1.165, 1.54) is 0 Å². The molecule has 14 heavy (non-hydrogen) atoms. The molecule has 2 heterocycles. The van der Waals surface area contributed by atoms with Gasteiger partial charge in [0.05, 0.1) is 0 Å². The Morgan fingerprint density at radius 2 is 1.93 bits per heavy atom. The fourth-order valence-corrected chi connectivity index (χ4v) is 2.40. The summed E-state index contributed by atoms with van der Waals surface area (Å²) in [6.45, 7) is 3.62. The van der Waals surface area contributed by atoms with E-state index < -0.39 is 22.2 Å². The minimum atomic E-state index is -4.24. The normalized spacial score (nSPS) is 44.9. The maximum absolute atomic E-state index is 10.9. The van der Waals surface area contributed by atoms with Crippen molar-refractivity contribution in [3.8, 4) is 0 Å². The number of hydrogen-bond donors (Lipinski definition) is 1. The minimum Gasteiger partial charge on any atom is -0.336 e. The van der Waals surface area contributed by atoms with Crippen LogP contribution in [0.15, 0.2) is 0 Å². The summed E-state index contributed by atoms with van der Waals surface area (Å²) >= 11 is 0. The Hall–Kier alpha value is -0.250. The van der Waals surface area contributed by atoms with Crippen molar-refractivity contribution in [3.63, 3.8) is 0 Å². The molecule has 0 aromatic carbocycles. The van der Waals surface area contributed by atoms with Crippen molar-refractivity contribution in [3.05, 3.63) is 0 Å². The SMILES string of the molecule is CC(C)CC12OOC1(O)OS(=O)(=O)O2. The Morgan fingerprint density at radius 3 is 2.29 bits per heavy atom. The van der Waals surface area contributed by atoms with Gasteiger partial charge in [-0.25, -0.2) is 4.18 Å². The molecule has 0 aromatic rings. The second-order valence-corrected chi connectivity index (χ2v) is 4.82. The van der Waals surface area contributed by atoms with Gasteiger partial charge in [-0.05, 0) is 5.92 Å². The van der Waals surface area contributed by atoms with E-state index in [2.05, 4.69) is 18.1 Å². The van der Waals surface area contributed by atoms with Crippen molar-refractivity contribution in [1.82, 2.24) is 0 Å². The van der Waals surface area contributed by atoms with Gasteiger partial charge < -0.3 is 5.11 Å². The summed E-state index contributed by atoms with van der Waals surface area (Å²) in [5, 5.41) is 9.51. The molecule has 7 nitrogen and oxygen atoms in total. The molecule has 8 heteroatoms. The molecule has 2 unspecified atom stereocenters. The molecule has 0 aromatic heterocycles. The molecule has 2 aliphatic rings. The lowest BCUT2D eigenvalue weighted by Crippen LogP contribution is -2.65. The average Bonchev–Trinajstić information content (AvgIpc) is 2.09. The maximum atomic E-state index is 10.9. The highest BCUT2D eigenvalue weighted by molar-refractivity contribution is 7.82. The molecule has 0 radical (unpaired) electrons. The van der Waals surface area contributed by atoms with Crippen molar-refractivity contribution in [2.75, 3.05) is 0 Å². The van der Waals surface area contributed by atoms with Crippen molar-refractivity contribution in [2.45, 2.75) is 32.0 Å². The summed E-state index contributed by atoms with van der Waals surface area (Å²) in [4.78, 5) is 8.73. The first-order valence-electron chi connectivity index (χ1n) is 4.04. The zero-order chi connectivity index (χ0) is 10.6. The molecule has 2 saturated heterocycles. The largest absolute Gasteiger partial charge is 0.407 e. The second kappa shape index (κ2) is 2.65. The zero-order valence-corrected chi connectivity index (χ0v) is 8.41. The predicted octanol–water partition coefficient (Wildman–Crippen LogP) is -0.372. The fraction of sp³-hybridized carbons (Fsp3) is 1.00. The van der Waals surface area contributed by atoms with E-state index in [-0.39, 0.29) is 12.3 Å². The van der Waals surface area contributed by atoms with Crippen LogP contribution in [0.2, 0.25) is 0 Å². The quantitative estimate of drug-likeness (QED) is 0.642. The maximum Gasteiger partial charge on any atom is 0.407 e. The van der Waals surface area contributed by atoms with Crippen LogP contribution in [0.5, 0.6) is 0 Å². The topological polar surface area (TPSA) is 91.3 Å². The van der Waals surface area contributed by atoms with Gasteiger partial charge in [0.15, 0.2) is 0 Å². The highest BCUT2D eigenvalue weighted by Gasteiger charge is 2.76. The molecule has 1 N–H and O–H groups in total. The Bertz CT molecular complexity index is 349. The molecular formula is C6H10O7S. The Labute approximate surface area is 80.8 Å². The average molecular weight is 226 g/mol. The fourth-order valence-electron chi connectivity index (χ4n) is 1.40. The third-order valence-corrected chi connectivity index (χ3v) is 2.80. The lowest BCUT2D eigenvalue weighted by atomic mass is 10.0. The van der Waals surface area contributed by atoms with Crippen LogP contribution in [0.3, 0.4) is 0 Å². The molecule has 0 amide bonds. The van der Waals surface area contributed by atoms with Crippen LogP contribution in [0.4, 0.5) is 0 Å². The Balaban J connectivity index is 2.28. The minimum absolute atomic E-state index is 0.0438. The van der Waals surface area contributed by atoms with E-state index in [4.69, 9.17) is 0 Å². The summed E-state index contributed by atoms with van der Waals surface area (Å²) in [5.41, 5.74) is 0. The van der Waals surface area contributed by atoms with E-state index in [9.17, 15) is 13.5 Å². The van der Waals surface area contributed by atoms with Crippen LogP contribution >= 0.6 is 0 Å². The summed E-state index contributed by atoms with van der Waals surface area (Å²) in [7, 11) is -4.24. The van der Waals surface area contributed by atoms with Crippen molar-refractivity contribution in [2.24, 2.45) is 5.92 Å². The predicted molar refractivity (Wildman–Crippen MR) is 40.4 cm³/mol. The highest BCUT2D eigenvalue weighted by atomic mass is 32.3. The first-order chi connectivity index (χ1) is 6.29. The molecule has 2 aliphatic heterocycles. The number of hydrogen-bond acceptors (Lipinski definition) is 7. The Kier molecular flexibility index (Phi) is 1.95. The molecular weight excluding hydrogens is 216 g/mol. The van der Waals surface area contributed by atoms with Crippen molar-refractivity contribution >= 4 is 10.4 Å². The summed E-state index contributed by atoms with van der Waals surface area (Å²) in [6.07, 6.45) is 0.142. The van der Waals surface area contributed by atoms with Crippen LogP contribution in [-0.2, 0) is 28.5 Å². The van der Waals surface area contributed by atoms with Crippen molar-refractivity contribution < 1.29 is 31.7 Å². The lowest BCUT2D eigenvalue weighted by molar-refractivity contribution is -0.674. The van der Waals surface area contributed by atoms with Crippen LogP contribution < -0.4 is 0 Å². The van der Waals surface area contributed by atoms with Crippen LogP contribution in [0, 0.1) is 5.92 Å². The zero-order valence-electron chi connectivity index (χ0n) is 7.59. The van der Waals surface area contributed by atoms with Gasteiger partial charge in [-0.1, -0.05) is 13.8 Å². The number of rotatable bonds is 2. The van der Waals surface area contributed by atoms with E-state index in [1.807, 2.05) is 13.8 Å². The molecule has 0 aliphatic carbocycles. The van der Waals surface area contributed by atoms with Gasteiger partial charge in [0.1, 0.15) is 0 Å². The van der Waals surface area contributed by atoms with E-state index in [0.29, 0.717) is 0 Å². The highest BCUT2D eigenvalue weighted by Crippen LogP contribution is 2.51. The molecule has 2 atom stereocenters. The van der Waals surface area contributed by atoms with Gasteiger partial charge in [-0.15, -0.1) is 0 Å². The van der Waals surface area contributed by atoms with Gasteiger partial charge in [0.25, 0.3) is 0 Å². The van der Waals surface area contributed by atoms with Crippen LogP contribution in [0.25, 0.3) is 0 Å². The standard InChI is InChI=1S/C6H10O7S/c1-4(2)3-5-6(7,11-10-5)13-14(8,9)12-5/h4,7H,3H2,1-2H3. The monoisotopic (exact) mass is 226 g/mol. The van der Waals surface area contributed by atoms with Gasteiger partial charge >= 0.3 is 22.2 Å². The first-order valence-corrected chi connectivity index (χ1v) is 5.37. The summed E-state index contributed by atoms with van der Waals surface area (Å²) < 4.78 is 30.5. The lowest BCUT2D eigenvalue weighted by Gasteiger charge is -2.42. The van der Waals surface area contributed by atoms with E-state index in [1.54, 1.807) is 0 Å². The van der Waals surface area contributed by atoms with Gasteiger partial charge in [0, 0.05) is 6.42 Å². The molecule has 0 saturated carbocycles. The second-order valence-electron chi connectivity index (χ2n) is 3.67. The van der Waals surface area contributed by atoms with Crippen LogP contribution in [-0.4, -0.2) is 25.3 Å². The first kappa shape index (κ1) is 10.3. The smallest absolute Gasteiger partial charge is 0.336 e. The van der Waals surface area contributed by atoms with Crippen LogP contribution in [0.1, 0.15) is 20.3 Å². The number of fused-ring (bicyclic) bond motifs is 1.